The van der Waals surface area contributed by atoms with Crippen LogP contribution in [-0.2, 0) is 0 Å². The van der Waals surface area contributed by atoms with Crippen molar-refractivity contribution in [3.63, 3.8) is 0 Å². The Kier molecular flexibility index (Phi) is 7.64. The first-order chi connectivity index (χ1) is 9.66. The van der Waals surface area contributed by atoms with Crippen molar-refractivity contribution in [3.8, 4) is 0 Å². The second kappa shape index (κ2) is 8.97. The highest BCUT2D eigenvalue weighted by Crippen LogP contribution is 2.09. The van der Waals surface area contributed by atoms with E-state index in [-0.39, 0.29) is 24.1 Å². The molecule has 118 valence electrons. The molecule has 4 nitrogen and oxygen atoms in total. The summed E-state index contributed by atoms with van der Waals surface area (Å²) in [7, 11) is 0. The van der Waals surface area contributed by atoms with E-state index in [1.807, 2.05) is 6.92 Å². The van der Waals surface area contributed by atoms with Gasteiger partial charge in [-0.05, 0) is 37.6 Å². The summed E-state index contributed by atoms with van der Waals surface area (Å²) < 4.78 is 13.1. The van der Waals surface area contributed by atoms with Crippen molar-refractivity contribution in [2.45, 2.75) is 13.3 Å². The molecule has 0 spiro atoms. The molecule has 0 bridgehead atoms. The Bertz CT molecular complexity index is 464. The lowest BCUT2D eigenvalue weighted by molar-refractivity contribution is 0.0950. The average Bonchev–Trinajstić information content (AvgIpc) is 2.47. The van der Waals surface area contributed by atoms with Gasteiger partial charge in [0.15, 0.2) is 0 Å². The number of benzene rings is 1. The van der Waals surface area contributed by atoms with E-state index in [9.17, 15) is 9.18 Å². The number of carbonyl (C=O) groups is 1. The molecule has 1 heterocycles. The van der Waals surface area contributed by atoms with E-state index in [4.69, 9.17) is 0 Å². The Labute approximate surface area is 131 Å². The number of hydrogen-bond acceptors (Lipinski definition) is 3. The molecule has 1 aliphatic rings. The Hall–Kier alpha value is -1.17. The molecular weight excluding hydrogens is 293 g/mol. The normalized spacial score (nSPS) is 15.3. The van der Waals surface area contributed by atoms with Gasteiger partial charge in [0.2, 0.25) is 0 Å². The molecule has 2 rings (SSSR count). The van der Waals surface area contributed by atoms with E-state index < -0.39 is 0 Å². The number of nitrogens with one attached hydrogen (secondary N) is 2. The minimum Gasteiger partial charge on any atom is -0.352 e. The van der Waals surface area contributed by atoms with Crippen molar-refractivity contribution < 1.29 is 9.18 Å². The second-order valence-electron chi connectivity index (χ2n) is 5.16. The van der Waals surface area contributed by atoms with E-state index in [1.54, 1.807) is 6.07 Å². The minimum atomic E-state index is -0.374. The zero-order valence-electron chi connectivity index (χ0n) is 12.3. The van der Waals surface area contributed by atoms with Crippen molar-refractivity contribution in [3.05, 3.63) is 35.1 Å². The van der Waals surface area contributed by atoms with Gasteiger partial charge in [-0.25, -0.2) is 4.39 Å². The largest absolute Gasteiger partial charge is 0.352 e. The molecule has 0 saturated carbocycles. The first kappa shape index (κ1) is 17.9. The van der Waals surface area contributed by atoms with Crippen LogP contribution < -0.4 is 10.6 Å². The number of hydrogen-bond donors (Lipinski definition) is 2. The third-order valence-corrected chi connectivity index (χ3v) is 3.59. The van der Waals surface area contributed by atoms with Crippen LogP contribution in [-0.4, -0.2) is 50.1 Å². The predicted octanol–water partition coefficient (Wildman–Crippen LogP) is 1.58. The van der Waals surface area contributed by atoms with Crippen LogP contribution in [0.25, 0.3) is 0 Å². The molecule has 0 unspecified atom stereocenters. The lowest BCUT2D eigenvalue weighted by Gasteiger charge is -2.27. The number of aryl methyl sites for hydroxylation is 1. The maximum atomic E-state index is 13.1. The van der Waals surface area contributed by atoms with Crippen LogP contribution >= 0.6 is 12.4 Å². The maximum Gasteiger partial charge on any atom is 0.251 e. The maximum absolute atomic E-state index is 13.1. The number of halogens is 2. The number of amides is 1. The highest BCUT2D eigenvalue weighted by atomic mass is 35.5. The molecule has 0 atom stereocenters. The minimum absolute atomic E-state index is 0. The van der Waals surface area contributed by atoms with Crippen LogP contribution in [0.15, 0.2) is 18.2 Å². The van der Waals surface area contributed by atoms with E-state index in [0.29, 0.717) is 12.1 Å². The Morgan fingerprint density at radius 3 is 2.81 bits per heavy atom. The summed E-state index contributed by atoms with van der Waals surface area (Å²) in [6, 6.07) is 4.29. The molecule has 1 fully saturated rings. The lowest BCUT2D eigenvalue weighted by Crippen LogP contribution is -2.44. The van der Waals surface area contributed by atoms with Gasteiger partial charge in [-0.3, -0.25) is 4.79 Å². The van der Waals surface area contributed by atoms with Gasteiger partial charge in [0.1, 0.15) is 5.82 Å². The standard InChI is InChI=1S/C15H22FN3O.ClH/c1-12-3-4-13(16)11-14(12)15(20)18-5-2-8-19-9-6-17-7-10-19;/h3-4,11,17H,2,5-10H2,1H3,(H,18,20);1H. The van der Waals surface area contributed by atoms with Gasteiger partial charge < -0.3 is 15.5 Å². The van der Waals surface area contributed by atoms with E-state index >= 15 is 0 Å². The third-order valence-electron chi connectivity index (χ3n) is 3.59. The third kappa shape index (κ3) is 5.61. The zero-order chi connectivity index (χ0) is 14.4. The van der Waals surface area contributed by atoms with E-state index in [1.165, 1.54) is 12.1 Å². The molecule has 6 heteroatoms. The van der Waals surface area contributed by atoms with Crippen molar-refractivity contribution in [2.24, 2.45) is 0 Å². The summed E-state index contributed by atoms with van der Waals surface area (Å²) in [5.41, 5.74) is 1.22. The monoisotopic (exact) mass is 315 g/mol. The summed E-state index contributed by atoms with van der Waals surface area (Å²) in [5.74, 6) is -0.566. The Balaban J connectivity index is 0.00000220. The predicted molar refractivity (Wildman–Crippen MR) is 84.6 cm³/mol. The smallest absolute Gasteiger partial charge is 0.251 e. The molecular formula is C15H23ClFN3O. The Morgan fingerprint density at radius 1 is 1.38 bits per heavy atom. The molecule has 1 saturated heterocycles. The number of carbonyl (C=O) groups excluding carboxylic acids is 1. The van der Waals surface area contributed by atoms with E-state index in [0.717, 1.165) is 44.7 Å². The summed E-state index contributed by atoms with van der Waals surface area (Å²) in [6.45, 7) is 7.63. The summed E-state index contributed by atoms with van der Waals surface area (Å²) in [6.07, 6.45) is 0.917. The van der Waals surface area contributed by atoms with Crippen molar-refractivity contribution in [1.82, 2.24) is 15.5 Å². The zero-order valence-corrected chi connectivity index (χ0v) is 13.1. The number of rotatable bonds is 5. The van der Waals surface area contributed by atoms with Gasteiger partial charge in [0.05, 0.1) is 0 Å². The fourth-order valence-electron chi connectivity index (χ4n) is 2.37. The van der Waals surface area contributed by atoms with Crippen LogP contribution in [0.5, 0.6) is 0 Å². The van der Waals surface area contributed by atoms with Crippen molar-refractivity contribution >= 4 is 18.3 Å². The Morgan fingerprint density at radius 2 is 2.10 bits per heavy atom. The molecule has 1 aromatic carbocycles. The SMILES string of the molecule is Cc1ccc(F)cc1C(=O)NCCCN1CCNCC1.Cl. The van der Waals surface area contributed by atoms with Gasteiger partial charge >= 0.3 is 0 Å². The number of nitrogens with zero attached hydrogens (tertiary/aromatic N) is 1. The molecule has 0 aliphatic carbocycles. The van der Waals surface area contributed by atoms with Crippen LogP contribution in [0.2, 0.25) is 0 Å². The molecule has 21 heavy (non-hydrogen) atoms. The van der Waals surface area contributed by atoms with Crippen molar-refractivity contribution in [1.29, 1.82) is 0 Å². The first-order valence-electron chi connectivity index (χ1n) is 7.14. The van der Waals surface area contributed by atoms with Crippen LogP contribution in [0.3, 0.4) is 0 Å². The lowest BCUT2D eigenvalue weighted by atomic mass is 10.1. The van der Waals surface area contributed by atoms with Gasteiger partial charge in [-0.1, -0.05) is 6.07 Å². The van der Waals surface area contributed by atoms with Gasteiger partial charge in [0.25, 0.3) is 5.91 Å². The molecule has 1 amide bonds. The first-order valence-corrected chi connectivity index (χ1v) is 7.14. The number of piperazine rings is 1. The summed E-state index contributed by atoms with van der Waals surface area (Å²) in [4.78, 5) is 14.4. The molecule has 1 aromatic rings. The van der Waals surface area contributed by atoms with E-state index in [2.05, 4.69) is 15.5 Å². The molecule has 1 aliphatic heterocycles. The molecule has 2 N–H and O–H groups in total. The van der Waals surface area contributed by atoms with Crippen molar-refractivity contribution in [2.75, 3.05) is 39.3 Å². The van der Waals surface area contributed by atoms with Crippen LogP contribution in [0.4, 0.5) is 4.39 Å². The quantitative estimate of drug-likeness (QED) is 0.811. The summed E-state index contributed by atoms with van der Waals surface area (Å²) in [5, 5.41) is 6.17. The van der Waals surface area contributed by atoms with Gasteiger partial charge in [-0.2, -0.15) is 0 Å². The molecule has 0 aromatic heterocycles. The fraction of sp³-hybridized carbons (Fsp3) is 0.533. The highest BCUT2D eigenvalue weighted by Gasteiger charge is 2.11. The molecule has 0 radical (unpaired) electrons. The van der Waals surface area contributed by atoms with Gasteiger partial charge in [-0.15, -0.1) is 12.4 Å². The van der Waals surface area contributed by atoms with Gasteiger partial charge in [0, 0.05) is 38.3 Å². The average molecular weight is 316 g/mol. The summed E-state index contributed by atoms with van der Waals surface area (Å²) >= 11 is 0. The van der Waals surface area contributed by atoms with Crippen LogP contribution in [0, 0.1) is 12.7 Å². The fourth-order valence-corrected chi connectivity index (χ4v) is 2.37. The second-order valence-corrected chi connectivity index (χ2v) is 5.16. The van der Waals surface area contributed by atoms with Crippen LogP contribution in [0.1, 0.15) is 22.3 Å². The highest BCUT2D eigenvalue weighted by molar-refractivity contribution is 5.95. The topological polar surface area (TPSA) is 44.4 Å².